The normalized spacial score (nSPS) is 29.4. The molecule has 0 bridgehead atoms. The maximum Gasteiger partial charge on any atom is 0.332 e. The topological polar surface area (TPSA) is 48.1 Å². The number of fused-ring (bicyclic) bond motifs is 1. The van der Waals surface area contributed by atoms with Crippen LogP contribution in [0.25, 0.3) is 0 Å². The molecule has 1 aliphatic heterocycles. The number of rotatable bonds is 9. The number of esters is 1. The van der Waals surface area contributed by atoms with Crippen LogP contribution in [0.3, 0.4) is 0 Å². The minimum absolute atomic E-state index is 0.0580. The number of carbonyl (C=O) groups excluding carboxylic acids is 1. The Kier molecular flexibility index (Phi) is 6.33. The molecule has 0 spiro atoms. The number of hydrogen-bond acceptors (Lipinski definition) is 4. The summed E-state index contributed by atoms with van der Waals surface area (Å²) in [6.07, 6.45) is 6.54. The van der Waals surface area contributed by atoms with E-state index < -0.39 is 0 Å². The van der Waals surface area contributed by atoms with E-state index in [0.717, 1.165) is 12.0 Å². The molecule has 1 aliphatic carbocycles. The van der Waals surface area contributed by atoms with Crippen LogP contribution in [-0.2, 0) is 19.0 Å². The quantitative estimate of drug-likeness (QED) is 0.279. The summed E-state index contributed by atoms with van der Waals surface area (Å²) in [5.74, 6) is 0.678. The van der Waals surface area contributed by atoms with Crippen LogP contribution in [0.15, 0.2) is 0 Å². The van der Waals surface area contributed by atoms with E-state index in [-0.39, 0.29) is 22.1 Å². The predicted molar refractivity (Wildman–Crippen MR) is 76.2 cm³/mol. The van der Waals surface area contributed by atoms with E-state index in [1.54, 1.807) is 0 Å². The number of ether oxygens (including phenoxy) is 3. The van der Waals surface area contributed by atoms with Crippen LogP contribution in [0, 0.1) is 5.92 Å². The van der Waals surface area contributed by atoms with Crippen LogP contribution in [0.4, 0.5) is 0 Å². The molecule has 5 heteroatoms. The Morgan fingerprint density at radius 2 is 2.21 bits per heavy atom. The van der Waals surface area contributed by atoms with Gasteiger partial charge in [-0.25, -0.2) is 4.79 Å². The lowest BCUT2D eigenvalue weighted by Gasteiger charge is -2.18. The molecule has 4 nitrogen and oxygen atoms in total. The van der Waals surface area contributed by atoms with Gasteiger partial charge >= 0.3 is 5.97 Å². The second kappa shape index (κ2) is 8.02. The zero-order valence-corrected chi connectivity index (χ0v) is 13.4. The maximum atomic E-state index is 11.2. The summed E-state index contributed by atoms with van der Waals surface area (Å²) in [4.78, 5) is 11.2. The Morgan fingerprint density at radius 3 is 3.00 bits per heavy atom. The molecule has 0 aromatic carbocycles. The zero-order valence-electron chi connectivity index (χ0n) is 11.9. The van der Waals surface area contributed by atoms with Gasteiger partial charge in [-0.15, -0.1) is 0 Å². The fourth-order valence-corrected chi connectivity index (χ4v) is 4.44. The summed E-state index contributed by atoms with van der Waals surface area (Å²) in [5.41, 5.74) is 0. The zero-order chi connectivity index (χ0) is 13.5. The molecule has 0 aromatic rings. The van der Waals surface area contributed by atoms with Crippen molar-refractivity contribution in [1.82, 2.24) is 0 Å². The van der Waals surface area contributed by atoms with Crippen molar-refractivity contribution in [2.75, 3.05) is 19.8 Å². The first-order chi connectivity index (χ1) is 9.29. The second-order valence-corrected chi connectivity index (χ2v) is 7.72. The Balaban J connectivity index is 1.38. The summed E-state index contributed by atoms with van der Waals surface area (Å²) in [7, 11) is -0.0580. The van der Waals surface area contributed by atoms with Crippen LogP contribution in [-0.4, -0.2) is 47.5 Å². The van der Waals surface area contributed by atoms with Crippen LogP contribution >= 0.6 is 0 Å². The molecule has 3 atom stereocenters. The first-order valence-electron chi connectivity index (χ1n) is 7.68. The van der Waals surface area contributed by atoms with Crippen molar-refractivity contribution in [2.45, 2.75) is 56.9 Å². The largest absolute Gasteiger partial charge is 0.464 e. The van der Waals surface area contributed by atoms with E-state index in [2.05, 4.69) is 0 Å². The average Bonchev–Trinajstić information content (AvgIpc) is 3.18. The summed E-state index contributed by atoms with van der Waals surface area (Å²) < 4.78 is 15.7. The van der Waals surface area contributed by atoms with Crippen LogP contribution in [0.1, 0.15) is 32.6 Å². The van der Waals surface area contributed by atoms with E-state index in [9.17, 15) is 4.79 Å². The van der Waals surface area contributed by atoms with Gasteiger partial charge in [-0.2, -0.15) is 0 Å². The third kappa shape index (κ3) is 5.63. The van der Waals surface area contributed by atoms with Gasteiger partial charge in [0.2, 0.25) is 0 Å². The van der Waals surface area contributed by atoms with Crippen molar-refractivity contribution in [1.29, 1.82) is 0 Å². The summed E-state index contributed by atoms with van der Waals surface area (Å²) in [6, 6.07) is 2.48. The van der Waals surface area contributed by atoms with Crippen LogP contribution < -0.4 is 0 Å². The third-order valence-electron chi connectivity index (χ3n) is 4.06. The molecule has 1 saturated carbocycles. The lowest BCUT2D eigenvalue weighted by atomic mass is 9.88. The summed E-state index contributed by atoms with van der Waals surface area (Å²) in [5, 5.41) is 0. The van der Waals surface area contributed by atoms with Crippen molar-refractivity contribution in [2.24, 2.45) is 5.92 Å². The lowest BCUT2D eigenvalue weighted by Crippen LogP contribution is -2.15. The molecule has 1 saturated heterocycles. The lowest BCUT2D eigenvalue weighted by molar-refractivity contribution is -0.148. The Bertz CT molecular complexity index is 285. The van der Waals surface area contributed by atoms with Crippen molar-refractivity contribution in [3.8, 4) is 0 Å². The summed E-state index contributed by atoms with van der Waals surface area (Å²) >= 11 is 0. The van der Waals surface area contributed by atoms with Crippen LogP contribution in [0.2, 0.25) is 12.1 Å². The van der Waals surface area contributed by atoms with Crippen molar-refractivity contribution in [3.05, 3.63) is 0 Å². The van der Waals surface area contributed by atoms with Gasteiger partial charge in [0.1, 0.15) is 6.61 Å². The Morgan fingerprint density at radius 1 is 1.32 bits per heavy atom. The molecule has 0 radical (unpaired) electrons. The molecule has 1 heterocycles. The average molecular weight is 286 g/mol. The molecule has 2 rings (SSSR count). The highest BCUT2D eigenvalue weighted by Gasteiger charge is 2.43. The molecule has 0 N–H and O–H groups in total. The van der Waals surface area contributed by atoms with Crippen molar-refractivity contribution in [3.63, 3.8) is 0 Å². The highest BCUT2D eigenvalue weighted by atomic mass is 28.2. The van der Waals surface area contributed by atoms with Gasteiger partial charge in [0.25, 0.3) is 0 Å². The van der Waals surface area contributed by atoms with Crippen molar-refractivity contribution >= 4 is 15.5 Å². The third-order valence-corrected chi connectivity index (χ3v) is 5.75. The molecular weight excluding hydrogens is 260 g/mol. The maximum absolute atomic E-state index is 11.2. The molecule has 2 aliphatic rings. The Labute approximate surface area is 118 Å². The standard InChI is InChI=1S/C14H26O4Si/c1-2-16-10-14(15)17-6-8-19-7-5-11-3-4-12-13(9-11)18-12/h11-13H,2-10,19H2,1H3. The fraction of sp³-hybridized carbons (Fsp3) is 0.929. The first-order valence-corrected chi connectivity index (χ1v) is 9.68. The molecular formula is C14H26O4Si. The molecule has 110 valence electrons. The van der Waals surface area contributed by atoms with E-state index in [0.29, 0.717) is 25.4 Å². The van der Waals surface area contributed by atoms with Gasteiger partial charge in [-0.3, -0.25) is 0 Å². The molecule has 0 amide bonds. The Hall–Kier alpha value is -0.393. The fourth-order valence-electron chi connectivity index (χ4n) is 2.87. The van der Waals surface area contributed by atoms with E-state index in [1.807, 2.05) is 6.92 Å². The van der Waals surface area contributed by atoms with E-state index in [1.165, 1.54) is 31.7 Å². The van der Waals surface area contributed by atoms with E-state index in [4.69, 9.17) is 14.2 Å². The van der Waals surface area contributed by atoms with E-state index >= 15 is 0 Å². The van der Waals surface area contributed by atoms with Crippen molar-refractivity contribution < 1.29 is 19.0 Å². The van der Waals surface area contributed by atoms with Gasteiger partial charge < -0.3 is 14.2 Å². The van der Waals surface area contributed by atoms with Crippen LogP contribution in [0.5, 0.6) is 0 Å². The number of carbonyl (C=O) groups is 1. The molecule has 0 aromatic heterocycles. The summed E-state index contributed by atoms with van der Waals surface area (Å²) in [6.45, 7) is 3.14. The first kappa shape index (κ1) is 15.0. The SMILES string of the molecule is CCOCC(=O)OCC[SiH2]CCC1CCC2OC2C1. The minimum Gasteiger partial charge on any atom is -0.464 e. The number of epoxide rings is 1. The number of hydrogen-bond donors (Lipinski definition) is 0. The van der Waals surface area contributed by atoms with Gasteiger partial charge in [0.05, 0.1) is 18.8 Å². The highest BCUT2D eigenvalue weighted by Crippen LogP contribution is 2.40. The molecule has 19 heavy (non-hydrogen) atoms. The van der Waals surface area contributed by atoms with Gasteiger partial charge in [0, 0.05) is 16.1 Å². The van der Waals surface area contributed by atoms with Gasteiger partial charge in [-0.1, -0.05) is 12.5 Å². The predicted octanol–water partition coefficient (Wildman–Crippen LogP) is 1.53. The minimum atomic E-state index is -0.222. The molecule has 3 unspecified atom stereocenters. The molecule has 2 fully saturated rings. The van der Waals surface area contributed by atoms with Gasteiger partial charge in [-0.05, 0) is 38.1 Å². The van der Waals surface area contributed by atoms with Gasteiger partial charge in [0.15, 0.2) is 0 Å². The highest BCUT2D eigenvalue weighted by molar-refractivity contribution is 6.35. The monoisotopic (exact) mass is 286 g/mol. The smallest absolute Gasteiger partial charge is 0.332 e. The second-order valence-electron chi connectivity index (χ2n) is 5.60.